The molecular formula is C6H8F3NOS. The summed E-state index contributed by atoms with van der Waals surface area (Å²) in [5.41, 5.74) is -4.18. The van der Waals surface area contributed by atoms with Crippen LogP contribution in [0.3, 0.4) is 0 Å². The summed E-state index contributed by atoms with van der Waals surface area (Å²) in [6.07, 6.45) is 3.31. The predicted octanol–water partition coefficient (Wildman–Crippen LogP) is 1.54. The molecule has 0 aliphatic carbocycles. The zero-order valence-corrected chi connectivity index (χ0v) is 6.91. The zero-order chi connectivity index (χ0) is 9.45. The molecule has 0 aromatic rings. The molecule has 70 valence electrons. The van der Waals surface area contributed by atoms with Crippen LogP contribution in [0, 0.1) is 0 Å². The standard InChI is InChI=1S/C6H8F3NOS/c7-6(8,9)12-4-2-1-3-10-5-11/h1-2,5H,3-4H2,(H,10,11)/b2-1+. The fourth-order valence-electron chi connectivity index (χ4n) is 0.410. The molecule has 0 aliphatic rings. The monoisotopic (exact) mass is 199 g/mol. The summed E-state index contributed by atoms with van der Waals surface area (Å²) >= 11 is -0.111. The number of hydrogen-bond donors (Lipinski definition) is 1. The highest BCUT2D eigenvalue weighted by atomic mass is 32.2. The number of thioether (sulfide) groups is 1. The first kappa shape index (κ1) is 11.4. The largest absolute Gasteiger partial charge is 0.442 e. The topological polar surface area (TPSA) is 29.1 Å². The summed E-state index contributed by atoms with van der Waals surface area (Å²) < 4.78 is 34.5. The van der Waals surface area contributed by atoms with E-state index in [0.29, 0.717) is 6.41 Å². The van der Waals surface area contributed by atoms with Gasteiger partial charge in [-0.3, -0.25) is 4.79 Å². The van der Waals surface area contributed by atoms with E-state index in [1.54, 1.807) is 0 Å². The second kappa shape index (κ2) is 5.93. The number of halogens is 3. The van der Waals surface area contributed by atoms with Crippen LogP contribution in [0.15, 0.2) is 12.2 Å². The Morgan fingerprint density at radius 3 is 2.50 bits per heavy atom. The molecular weight excluding hydrogens is 191 g/mol. The highest BCUT2D eigenvalue weighted by molar-refractivity contribution is 8.00. The molecule has 0 atom stereocenters. The molecule has 12 heavy (non-hydrogen) atoms. The quantitative estimate of drug-likeness (QED) is 0.413. The first-order valence-corrected chi connectivity index (χ1v) is 4.07. The van der Waals surface area contributed by atoms with Gasteiger partial charge in [0.15, 0.2) is 0 Å². The molecule has 0 unspecified atom stereocenters. The molecule has 0 saturated carbocycles. The van der Waals surface area contributed by atoms with E-state index >= 15 is 0 Å². The van der Waals surface area contributed by atoms with Gasteiger partial charge in [0, 0.05) is 12.3 Å². The molecule has 0 fully saturated rings. The minimum atomic E-state index is -4.18. The maximum absolute atomic E-state index is 11.5. The lowest BCUT2D eigenvalue weighted by Gasteiger charge is -2.00. The first-order valence-electron chi connectivity index (χ1n) is 3.09. The summed E-state index contributed by atoms with van der Waals surface area (Å²) in [7, 11) is 0. The third kappa shape index (κ3) is 9.35. The molecule has 0 aromatic heterocycles. The number of carbonyl (C=O) groups excluding carboxylic acids is 1. The predicted molar refractivity (Wildman–Crippen MR) is 41.7 cm³/mol. The average molecular weight is 199 g/mol. The van der Waals surface area contributed by atoms with E-state index in [0.717, 1.165) is 0 Å². The molecule has 0 bridgehead atoms. The highest BCUT2D eigenvalue weighted by Crippen LogP contribution is 2.29. The smallest absolute Gasteiger partial charge is 0.355 e. The minimum absolute atomic E-state index is 0.111. The number of rotatable bonds is 5. The number of alkyl halides is 3. The molecule has 0 aliphatic heterocycles. The van der Waals surface area contributed by atoms with Crippen molar-refractivity contribution in [3.8, 4) is 0 Å². The molecule has 1 N–H and O–H groups in total. The maximum Gasteiger partial charge on any atom is 0.442 e. The Hall–Kier alpha value is -0.650. The number of hydrogen-bond acceptors (Lipinski definition) is 2. The van der Waals surface area contributed by atoms with Gasteiger partial charge in [0.25, 0.3) is 0 Å². The van der Waals surface area contributed by atoms with E-state index in [1.807, 2.05) is 0 Å². The van der Waals surface area contributed by atoms with Crippen LogP contribution in [-0.4, -0.2) is 24.2 Å². The molecule has 0 rings (SSSR count). The Kier molecular flexibility index (Phi) is 5.61. The van der Waals surface area contributed by atoms with Crippen molar-refractivity contribution in [1.29, 1.82) is 0 Å². The third-order valence-electron chi connectivity index (χ3n) is 0.829. The van der Waals surface area contributed by atoms with Gasteiger partial charge in [-0.15, -0.1) is 0 Å². The van der Waals surface area contributed by atoms with Crippen molar-refractivity contribution in [2.75, 3.05) is 12.3 Å². The second-order valence-electron chi connectivity index (χ2n) is 1.75. The van der Waals surface area contributed by atoms with Crippen LogP contribution in [0.2, 0.25) is 0 Å². The molecule has 0 heterocycles. The van der Waals surface area contributed by atoms with Crippen LogP contribution in [0.1, 0.15) is 0 Å². The van der Waals surface area contributed by atoms with Crippen LogP contribution < -0.4 is 5.32 Å². The van der Waals surface area contributed by atoms with Crippen molar-refractivity contribution >= 4 is 18.2 Å². The lowest BCUT2D eigenvalue weighted by molar-refractivity contribution is -0.109. The Balaban J connectivity index is 3.30. The minimum Gasteiger partial charge on any atom is -0.355 e. The van der Waals surface area contributed by atoms with Gasteiger partial charge in [-0.25, -0.2) is 0 Å². The SMILES string of the molecule is O=CNC/C=C/CSC(F)(F)F. The average Bonchev–Trinajstić information content (AvgIpc) is 1.94. The van der Waals surface area contributed by atoms with Crippen molar-refractivity contribution in [3.63, 3.8) is 0 Å². The van der Waals surface area contributed by atoms with E-state index in [2.05, 4.69) is 5.32 Å². The molecule has 1 amide bonds. The first-order chi connectivity index (χ1) is 5.56. The van der Waals surface area contributed by atoms with Crippen LogP contribution >= 0.6 is 11.8 Å². The van der Waals surface area contributed by atoms with Gasteiger partial charge in [0.2, 0.25) is 6.41 Å². The van der Waals surface area contributed by atoms with E-state index in [9.17, 15) is 18.0 Å². The fraction of sp³-hybridized carbons (Fsp3) is 0.500. The van der Waals surface area contributed by atoms with E-state index in [-0.39, 0.29) is 24.1 Å². The normalized spacial score (nSPS) is 11.9. The summed E-state index contributed by atoms with van der Waals surface area (Å²) in [5.74, 6) is -0.121. The van der Waals surface area contributed by atoms with Crippen molar-refractivity contribution < 1.29 is 18.0 Å². The molecule has 0 saturated heterocycles. The molecule has 2 nitrogen and oxygen atoms in total. The van der Waals surface area contributed by atoms with Crippen LogP contribution in [0.5, 0.6) is 0 Å². The van der Waals surface area contributed by atoms with E-state index in [4.69, 9.17) is 0 Å². The van der Waals surface area contributed by atoms with Gasteiger partial charge in [-0.05, 0) is 11.8 Å². The van der Waals surface area contributed by atoms with Crippen molar-refractivity contribution in [1.82, 2.24) is 5.32 Å². The summed E-state index contributed by atoms with van der Waals surface area (Å²) in [5, 5.41) is 2.29. The van der Waals surface area contributed by atoms with Crippen molar-refractivity contribution in [2.45, 2.75) is 5.51 Å². The Bertz CT molecular complexity index is 157. The second-order valence-corrected chi connectivity index (χ2v) is 2.84. The van der Waals surface area contributed by atoms with Gasteiger partial charge in [-0.1, -0.05) is 12.2 Å². The summed E-state index contributed by atoms with van der Waals surface area (Å²) in [4.78, 5) is 9.67. The van der Waals surface area contributed by atoms with Crippen LogP contribution in [-0.2, 0) is 4.79 Å². The molecule has 6 heteroatoms. The van der Waals surface area contributed by atoms with E-state index in [1.165, 1.54) is 12.2 Å². The highest BCUT2D eigenvalue weighted by Gasteiger charge is 2.26. The van der Waals surface area contributed by atoms with Gasteiger partial charge < -0.3 is 5.32 Å². The Morgan fingerprint density at radius 2 is 2.00 bits per heavy atom. The maximum atomic E-state index is 11.5. The summed E-state index contributed by atoms with van der Waals surface area (Å²) in [6.45, 7) is 0.266. The van der Waals surface area contributed by atoms with Crippen molar-refractivity contribution in [2.24, 2.45) is 0 Å². The van der Waals surface area contributed by atoms with E-state index < -0.39 is 5.51 Å². The van der Waals surface area contributed by atoms with Gasteiger partial charge in [0.05, 0.1) is 0 Å². The lowest BCUT2D eigenvalue weighted by atomic mass is 10.5. The Morgan fingerprint density at radius 1 is 1.33 bits per heavy atom. The third-order valence-corrected chi connectivity index (χ3v) is 1.52. The number of carbonyl (C=O) groups is 1. The lowest BCUT2D eigenvalue weighted by Crippen LogP contribution is -2.09. The molecule has 0 spiro atoms. The van der Waals surface area contributed by atoms with Crippen LogP contribution in [0.25, 0.3) is 0 Å². The zero-order valence-electron chi connectivity index (χ0n) is 6.10. The van der Waals surface area contributed by atoms with Gasteiger partial charge in [0.1, 0.15) is 0 Å². The fourth-order valence-corrected chi connectivity index (χ4v) is 0.831. The number of amides is 1. The molecule has 0 aromatic carbocycles. The van der Waals surface area contributed by atoms with Gasteiger partial charge >= 0.3 is 5.51 Å². The van der Waals surface area contributed by atoms with Gasteiger partial charge in [-0.2, -0.15) is 13.2 Å². The molecule has 0 radical (unpaired) electrons. The Labute approximate surface area is 72.2 Å². The van der Waals surface area contributed by atoms with Crippen molar-refractivity contribution in [3.05, 3.63) is 12.2 Å². The van der Waals surface area contributed by atoms with Crippen LogP contribution in [0.4, 0.5) is 13.2 Å². The summed E-state index contributed by atoms with van der Waals surface area (Å²) in [6, 6.07) is 0. The number of nitrogens with one attached hydrogen (secondary N) is 1.